The van der Waals surface area contributed by atoms with E-state index >= 15 is 0 Å². The van der Waals surface area contributed by atoms with Crippen molar-refractivity contribution in [1.29, 1.82) is 0 Å². The highest BCUT2D eigenvalue weighted by molar-refractivity contribution is 7.92. The zero-order chi connectivity index (χ0) is 15.2. The third-order valence-electron chi connectivity index (χ3n) is 4.14. The monoisotopic (exact) mass is 326 g/mol. The maximum absolute atomic E-state index is 12.1. The first-order valence-corrected chi connectivity index (χ1v) is 9.36. The van der Waals surface area contributed by atoms with Crippen LogP contribution in [-0.4, -0.2) is 29.0 Å². The SMILES string of the molecule is Cc1ccc2nc(C(C)Cl)n(CC3CCCS3(=O)=O)c2c1. The number of aryl methyl sites for hydroxylation is 1. The van der Waals surface area contributed by atoms with Gasteiger partial charge in [0.2, 0.25) is 0 Å². The van der Waals surface area contributed by atoms with Crippen molar-refractivity contribution in [3.63, 3.8) is 0 Å². The number of imidazole rings is 1. The average molecular weight is 327 g/mol. The summed E-state index contributed by atoms with van der Waals surface area (Å²) in [5, 5.41) is -0.564. The van der Waals surface area contributed by atoms with E-state index in [0.29, 0.717) is 12.3 Å². The second-order valence-electron chi connectivity index (χ2n) is 5.82. The fourth-order valence-electron chi connectivity index (χ4n) is 3.01. The molecule has 0 bridgehead atoms. The van der Waals surface area contributed by atoms with Gasteiger partial charge in [0.1, 0.15) is 5.82 Å². The minimum atomic E-state index is -2.98. The van der Waals surface area contributed by atoms with Gasteiger partial charge in [0.05, 0.1) is 27.4 Å². The van der Waals surface area contributed by atoms with Gasteiger partial charge in [0, 0.05) is 6.54 Å². The normalized spacial score (nSPS) is 22.7. The zero-order valence-electron chi connectivity index (χ0n) is 12.2. The van der Waals surface area contributed by atoms with Gasteiger partial charge in [-0.15, -0.1) is 11.6 Å². The van der Waals surface area contributed by atoms with Crippen molar-refractivity contribution in [2.75, 3.05) is 5.75 Å². The van der Waals surface area contributed by atoms with Crippen LogP contribution < -0.4 is 0 Å². The first-order chi connectivity index (χ1) is 9.88. The highest BCUT2D eigenvalue weighted by Crippen LogP contribution is 2.29. The van der Waals surface area contributed by atoms with Gasteiger partial charge < -0.3 is 4.57 Å². The Morgan fingerprint density at radius 3 is 2.86 bits per heavy atom. The van der Waals surface area contributed by atoms with Crippen molar-refractivity contribution >= 4 is 32.5 Å². The summed E-state index contributed by atoms with van der Waals surface area (Å²) in [6, 6.07) is 6.02. The lowest BCUT2D eigenvalue weighted by Crippen LogP contribution is -2.23. The minimum Gasteiger partial charge on any atom is -0.325 e. The minimum absolute atomic E-state index is 0.248. The van der Waals surface area contributed by atoms with Gasteiger partial charge in [-0.2, -0.15) is 0 Å². The summed E-state index contributed by atoms with van der Waals surface area (Å²) in [5.74, 6) is 1.05. The van der Waals surface area contributed by atoms with E-state index in [1.807, 2.05) is 36.6 Å². The van der Waals surface area contributed by atoms with Crippen molar-refractivity contribution in [3.05, 3.63) is 29.6 Å². The lowest BCUT2D eigenvalue weighted by atomic mass is 10.2. The molecular formula is C15H19ClN2O2S. The van der Waals surface area contributed by atoms with E-state index in [-0.39, 0.29) is 10.6 Å². The number of alkyl halides is 1. The van der Waals surface area contributed by atoms with Crippen molar-refractivity contribution in [3.8, 4) is 0 Å². The van der Waals surface area contributed by atoms with Crippen LogP contribution in [-0.2, 0) is 16.4 Å². The molecule has 21 heavy (non-hydrogen) atoms. The zero-order valence-corrected chi connectivity index (χ0v) is 13.8. The molecule has 0 spiro atoms. The largest absolute Gasteiger partial charge is 0.325 e. The van der Waals surface area contributed by atoms with Crippen LogP contribution in [0.3, 0.4) is 0 Å². The topological polar surface area (TPSA) is 52.0 Å². The van der Waals surface area contributed by atoms with Crippen molar-refractivity contribution < 1.29 is 8.42 Å². The molecule has 3 rings (SSSR count). The number of aromatic nitrogens is 2. The molecule has 1 aliphatic heterocycles. The fraction of sp³-hybridized carbons (Fsp3) is 0.533. The van der Waals surface area contributed by atoms with Gasteiger partial charge >= 0.3 is 0 Å². The highest BCUT2D eigenvalue weighted by atomic mass is 35.5. The van der Waals surface area contributed by atoms with Crippen LogP contribution in [0.25, 0.3) is 11.0 Å². The van der Waals surface area contributed by atoms with Crippen LogP contribution >= 0.6 is 11.6 Å². The Labute approximate surface area is 130 Å². The predicted octanol–water partition coefficient (Wildman–Crippen LogP) is 3.22. The smallest absolute Gasteiger partial charge is 0.154 e. The van der Waals surface area contributed by atoms with Crippen LogP contribution in [0.5, 0.6) is 0 Å². The third kappa shape index (κ3) is 2.69. The maximum atomic E-state index is 12.1. The first-order valence-electron chi connectivity index (χ1n) is 7.21. The number of hydrogen-bond donors (Lipinski definition) is 0. The van der Waals surface area contributed by atoms with E-state index < -0.39 is 9.84 Å². The van der Waals surface area contributed by atoms with Crippen LogP contribution in [0.1, 0.15) is 36.5 Å². The molecule has 1 aliphatic rings. The van der Waals surface area contributed by atoms with Crippen LogP contribution in [0.15, 0.2) is 18.2 Å². The maximum Gasteiger partial charge on any atom is 0.154 e. The van der Waals surface area contributed by atoms with Gasteiger partial charge in [-0.05, 0) is 44.4 Å². The number of sulfone groups is 1. The van der Waals surface area contributed by atoms with E-state index in [2.05, 4.69) is 4.98 Å². The second kappa shape index (κ2) is 5.29. The second-order valence-corrected chi connectivity index (χ2v) is 8.88. The van der Waals surface area contributed by atoms with Crippen molar-refractivity contribution in [2.24, 2.45) is 0 Å². The van der Waals surface area contributed by atoms with E-state index in [0.717, 1.165) is 35.3 Å². The number of fused-ring (bicyclic) bond motifs is 1. The summed E-state index contributed by atoms with van der Waals surface area (Å²) in [5.41, 5.74) is 2.98. The molecule has 0 N–H and O–H groups in total. The lowest BCUT2D eigenvalue weighted by molar-refractivity contribution is 0.562. The van der Waals surface area contributed by atoms with Gasteiger partial charge in [-0.25, -0.2) is 13.4 Å². The van der Waals surface area contributed by atoms with E-state index in [9.17, 15) is 8.42 Å². The summed E-state index contributed by atoms with van der Waals surface area (Å²) in [6.07, 6.45) is 1.48. The van der Waals surface area contributed by atoms with Crippen molar-refractivity contribution in [1.82, 2.24) is 9.55 Å². The molecule has 2 unspecified atom stereocenters. The lowest BCUT2D eigenvalue weighted by Gasteiger charge is -2.15. The predicted molar refractivity (Wildman–Crippen MR) is 85.5 cm³/mol. The molecule has 6 heteroatoms. The van der Waals surface area contributed by atoms with Gasteiger partial charge in [0.25, 0.3) is 0 Å². The Morgan fingerprint density at radius 2 is 2.24 bits per heavy atom. The summed E-state index contributed by atoms with van der Waals surface area (Å²) in [4.78, 5) is 4.58. The van der Waals surface area contributed by atoms with E-state index in [1.165, 1.54) is 0 Å². The molecule has 1 aromatic heterocycles. The van der Waals surface area contributed by atoms with Crippen molar-refractivity contribution in [2.45, 2.75) is 43.9 Å². The Balaban J connectivity index is 2.11. The summed E-state index contributed by atoms with van der Waals surface area (Å²) < 4.78 is 26.2. The number of hydrogen-bond acceptors (Lipinski definition) is 3. The van der Waals surface area contributed by atoms with Crippen LogP contribution in [0.2, 0.25) is 0 Å². The molecule has 0 aliphatic carbocycles. The van der Waals surface area contributed by atoms with E-state index in [1.54, 1.807) is 0 Å². The van der Waals surface area contributed by atoms with Gasteiger partial charge in [-0.3, -0.25) is 0 Å². The summed E-state index contributed by atoms with van der Waals surface area (Å²) in [7, 11) is -2.98. The Kier molecular flexibility index (Phi) is 3.74. The third-order valence-corrected chi connectivity index (χ3v) is 6.59. The standard InChI is InChI=1S/C15H19ClN2O2S/c1-10-5-6-13-14(8-10)18(15(17-13)11(2)16)9-12-4-3-7-21(12,19)20/h5-6,8,11-12H,3-4,7,9H2,1-2H3. The first kappa shape index (κ1) is 14.9. The van der Waals surface area contributed by atoms with Gasteiger partial charge in [0.15, 0.2) is 9.84 Å². The molecule has 114 valence electrons. The number of benzene rings is 1. The Morgan fingerprint density at radius 1 is 1.48 bits per heavy atom. The number of nitrogens with zero attached hydrogens (tertiary/aromatic N) is 2. The number of halogens is 1. The molecule has 2 heterocycles. The molecule has 2 aromatic rings. The number of rotatable bonds is 3. The molecule has 0 amide bonds. The highest BCUT2D eigenvalue weighted by Gasteiger charge is 2.32. The fourth-order valence-corrected chi connectivity index (χ4v) is 4.98. The van der Waals surface area contributed by atoms with Crippen LogP contribution in [0.4, 0.5) is 0 Å². The molecule has 2 atom stereocenters. The molecule has 0 saturated carbocycles. The molecular weight excluding hydrogens is 308 g/mol. The Hall–Kier alpha value is -1.07. The molecule has 4 nitrogen and oxygen atoms in total. The molecule has 1 fully saturated rings. The average Bonchev–Trinajstić information content (AvgIpc) is 2.91. The van der Waals surface area contributed by atoms with E-state index in [4.69, 9.17) is 11.6 Å². The Bertz CT molecular complexity index is 780. The van der Waals surface area contributed by atoms with Crippen LogP contribution in [0, 0.1) is 6.92 Å². The quantitative estimate of drug-likeness (QED) is 0.814. The van der Waals surface area contributed by atoms with Gasteiger partial charge in [-0.1, -0.05) is 6.07 Å². The molecule has 1 saturated heterocycles. The summed E-state index contributed by atoms with van der Waals surface area (Å²) in [6.45, 7) is 4.34. The molecule has 0 radical (unpaired) electrons. The summed E-state index contributed by atoms with van der Waals surface area (Å²) >= 11 is 6.24. The molecule has 1 aromatic carbocycles.